The third kappa shape index (κ3) is 29.1. The molecule has 0 aliphatic heterocycles. The minimum atomic E-state index is 0.194. The van der Waals surface area contributed by atoms with E-state index in [2.05, 4.69) is 19.2 Å². The standard InChI is InChI=1S/C5H13N.CH2Cl2/c1-3-5-6-4-2;2-1-3/h6H,3-5H2,1-2H3;1H2. The minimum absolute atomic E-state index is 0.194. The van der Waals surface area contributed by atoms with E-state index in [1.54, 1.807) is 0 Å². The summed E-state index contributed by atoms with van der Waals surface area (Å²) < 4.78 is 0. The maximum atomic E-state index is 4.76. The zero-order valence-corrected chi connectivity index (χ0v) is 7.60. The van der Waals surface area contributed by atoms with Gasteiger partial charge in [-0.25, -0.2) is 0 Å². The molecule has 0 amide bonds. The smallest absolute Gasteiger partial charge is 0.0967 e. The third-order valence-electron chi connectivity index (χ3n) is 0.677. The summed E-state index contributed by atoms with van der Waals surface area (Å²) in [6.07, 6.45) is 1.24. The summed E-state index contributed by atoms with van der Waals surface area (Å²) in [5.41, 5.74) is 0. The summed E-state index contributed by atoms with van der Waals surface area (Å²) in [5, 5.41) is 3.39. The van der Waals surface area contributed by atoms with Gasteiger partial charge in [-0.3, -0.25) is 0 Å². The van der Waals surface area contributed by atoms with E-state index in [1.165, 1.54) is 6.42 Å². The van der Waals surface area contributed by atoms with E-state index in [9.17, 15) is 0 Å². The lowest BCUT2D eigenvalue weighted by Gasteiger charge is -1.91. The van der Waals surface area contributed by atoms with Crippen molar-refractivity contribution in [1.82, 2.24) is 5.32 Å². The zero-order chi connectivity index (χ0) is 7.54. The number of rotatable bonds is 3. The van der Waals surface area contributed by atoms with Gasteiger partial charge in [0.1, 0.15) is 0 Å². The number of nitrogens with one attached hydrogen (secondary N) is 1. The van der Waals surface area contributed by atoms with Crippen molar-refractivity contribution in [2.45, 2.75) is 20.3 Å². The van der Waals surface area contributed by atoms with E-state index >= 15 is 0 Å². The average Bonchev–Trinajstić information content (AvgIpc) is 1.86. The summed E-state index contributed by atoms with van der Waals surface area (Å²) in [6.45, 7) is 6.56. The van der Waals surface area contributed by atoms with Crippen molar-refractivity contribution in [2.24, 2.45) is 0 Å². The van der Waals surface area contributed by atoms with Crippen LogP contribution in [0, 0.1) is 0 Å². The topological polar surface area (TPSA) is 12.0 Å². The molecule has 0 atom stereocenters. The van der Waals surface area contributed by atoms with Gasteiger partial charge in [-0.05, 0) is 19.5 Å². The molecular weight excluding hydrogens is 157 g/mol. The Morgan fingerprint density at radius 2 is 1.67 bits per heavy atom. The molecule has 0 aromatic heterocycles. The Bertz CT molecular complexity index is 30.2. The molecule has 0 fully saturated rings. The second-order valence-corrected chi connectivity index (χ2v) is 2.26. The van der Waals surface area contributed by atoms with Gasteiger partial charge in [0, 0.05) is 0 Å². The largest absolute Gasteiger partial charge is 0.317 e. The molecule has 9 heavy (non-hydrogen) atoms. The van der Waals surface area contributed by atoms with Crippen molar-refractivity contribution < 1.29 is 0 Å². The van der Waals surface area contributed by atoms with Gasteiger partial charge in [0.25, 0.3) is 0 Å². The minimum Gasteiger partial charge on any atom is -0.317 e. The summed E-state index contributed by atoms with van der Waals surface area (Å²) in [4.78, 5) is 0. The molecule has 0 radical (unpaired) electrons. The number of hydrogen-bond donors (Lipinski definition) is 1. The van der Waals surface area contributed by atoms with Crippen molar-refractivity contribution in [1.29, 1.82) is 0 Å². The summed E-state index contributed by atoms with van der Waals surface area (Å²) in [6, 6.07) is 0. The van der Waals surface area contributed by atoms with Crippen molar-refractivity contribution in [3.05, 3.63) is 0 Å². The van der Waals surface area contributed by atoms with Crippen LogP contribution in [0.25, 0.3) is 0 Å². The van der Waals surface area contributed by atoms with Crippen LogP contribution in [0.5, 0.6) is 0 Å². The molecule has 3 heteroatoms. The summed E-state index contributed by atoms with van der Waals surface area (Å²) in [5.74, 6) is 0. The molecule has 0 spiro atoms. The Morgan fingerprint density at radius 3 is 1.78 bits per heavy atom. The molecule has 0 saturated heterocycles. The fraction of sp³-hybridized carbons (Fsp3) is 1.00. The molecule has 0 heterocycles. The van der Waals surface area contributed by atoms with Gasteiger partial charge in [-0.15, -0.1) is 23.2 Å². The summed E-state index contributed by atoms with van der Waals surface area (Å²) >= 11 is 9.53. The molecule has 0 aliphatic rings. The van der Waals surface area contributed by atoms with Crippen LogP contribution in [0.2, 0.25) is 0 Å². The van der Waals surface area contributed by atoms with Gasteiger partial charge in [0.15, 0.2) is 0 Å². The van der Waals surface area contributed by atoms with Crippen molar-refractivity contribution in [3.8, 4) is 0 Å². The van der Waals surface area contributed by atoms with Gasteiger partial charge < -0.3 is 5.32 Å². The van der Waals surface area contributed by atoms with E-state index < -0.39 is 0 Å². The average molecular weight is 172 g/mol. The molecule has 0 aliphatic carbocycles. The molecule has 58 valence electrons. The second kappa shape index (κ2) is 15.8. The monoisotopic (exact) mass is 171 g/mol. The number of halogens is 2. The van der Waals surface area contributed by atoms with Crippen molar-refractivity contribution in [3.63, 3.8) is 0 Å². The van der Waals surface area contributed by atoms with Crippen LogP contribution in [-0.2, 0) is 0 Å². The molecule has 1 nitrogen and oxygen atoms in total. The Labute approximate surface area is 67.7 Å². The number of alkyl halides is 2. The fourth-order valence-electron chi connectivity index (χ4n) is 0.354. The highest BCUT2D eigenvalue weighted by molar-refractivity contribution is 6.40. The molecule has 1 N–H and O–H groups in total. The van der Waals surface area contributed by atoms with Crippen LogP contribution >= 0.6 is 23.2 Å². The van der Waals surface area contributed by atoms with Gasteiger partial charge in [-0.2, -0.15) is 0 Å². The van der Waals surface area contributed by atoms with Gasteiger partial charge in [0.2, 0.25) is 0 Å². The SMILES string of the molecule is CCCNCC.ClCCl. The lowest BCUT2D eigenvalue weighted by molar-refractivity contribution is 0.703. The fourth-order valence-corrected chi connectivity index (χ4v) is 0.354. The highest BCUT2D eigenvalue weighted by Gasteiger charge is 1.71. The highest BCUT2D eigenvalue weighted by atomic mass is 35.5. The van der Waals surface area contributed by atoms with Crippen molar-refractivity contribution >= 4 is 23.2 Å². The Morgan fingerprint density at radius 1 is 1.22 bits per heavy atom. The molecule has 0 aromatic rings. The molecule has 0 unspecified atom stereocenters. The van der Waals surface area contributed by atoms with Crippen LogP contribution < -0.4 is 5.32 Å². The summed E-state index contributed by atoms with van der Waals surface area (Å²) in [7, 11) is 0. The quantitative estimate of drug-likeness (QED) is 0.509. The second-order valence-electron chi connectivity index (χ2n) is 1.45. The van der Waals surface area contributed by atoms with E-state index in [4.69, 9.17) is 23.2 Å². The van der Waals surface area contributed by atoms with Crippen LogP contribution in [0.15, 0.2) is 0 Å². The zero-order valence-electron chi connectivity index (χ0n) is 6.08. The Hall–Kier alpha value is 0.540. The van der Waals surface area contributed by atoms with E-state index in [1.807, 2.05) is 0 Å². The first-order chi connectivity index (χ1) is 4.33. The van der Waals surface area contributed by atoms with Crippen molar-refractivity contribution in [2.75, 3.05) is 18.4 Å². The lowest BCUT2D eigenvalue weighted by Crippen LogP contribution is -2.12. The van der Waals surface area contributed by atoms with E-state index in [-0.39, 0.29) is 5.34 Å². The van der Waals surface area contributed by atoms with Gasteiger partial charge in [0.05, 0.1) is 5.34 Å². The van der Waals surface area contributed by atoms with Gasteiger partial charge in [-0.1, -0.05) is 13.8 Å². The van der Waals surface area contributed by atoms with E-state index in [0.717, 1.165) is 13.1 Å². The first-order valence-corrected chi connectivity index (χ1v) is 4.22. The predicted molar refractivity (Wildman–Crippen MR) is 45.4 cm³/mol. The lowest BCUT2D eigenvalue weighted by atomic mass is 10.5. The first-order valence-electron chi connectivity index (χ1n) is 3.16. The third-order valence-corrected chi connectivity index (χ3v) is 0.677. The maximum Gasteiger partial charge on any atom is 0.0967 e. The predicted octanol–water partition coefficient (Wildman–Crippen LogP) is 2.43. The van der Waals surface area contributed by atoms with Crippen LogP contribution in [-0.4, -0.2) is 18.4 Å². The number of hydrogen-bond acceptors (Lipinski definition) is 1. The van der Waals surface area contributed by atoms with Gasteiger partial charge >= 0.3 is 0 Å². The van der Waals surface area contributed by atoms with Crippen LogP contribution in [0.4, 0.5) is 0 Å². The molecule has 0 rings (SSSR count). The van der Waals surface area contributed by atoms with Crippen LogP contribution in [0.3, 0.4) is 0 Å². The highest BCUT2D eigenvalue weighted by Crippen LogP contribution is 1.73. The molecular formula is C6H15Cl2N. The molecule has 0 saturated carbocycles. The first kappa shape index (κ1) is 12.2. The normalized spacial score (nSPS) is 8.00. The Balaban J connectivity index is 0. The maximum absolute atomic E-state index is 4.76. The Kier molecular flexibility index (Phi) is 21.5. The van der Waals surface area contributed by atoms with E-state index in [0.29, 0.717) is 0 Å². The molecule has 0 bridgehead atoms. The van der Waals surface area contributed by atoms with Crippen LogP contribution in [0.1, 0.15) is 20.3 Å². The molecule has 0 aromatic carbocycles.